The monoisotopic (exact) mass is 452 g/mol. The zero-order valence-electron chi connectivity index (χ0n) is 17.4. The molecule has 5 rings (SSSR count). The maximum atomic E-state index is 6.28. The minimum atomic E-state index is -0.0443. The Hall–Kier alpha value is -2.41. The smallest absolute Gasteiger partial charge is 0.170 e. The number of benzene rings is 1. The number of nitrogens with one attached hydrogen (secondary N) is 1. The second kappa shape index (κ2) is 8.61. The number of pyridine rings is 1. The van der Waals surface area contributed by atoms with E-state index in [4.69, 9.17) is 28.6 Å². The van der Waals surface area contributed by atoms with Crippen LogP contribution in [0, 0.1) is 6.92 Å². The molecular weight excluding hydrogens is 428 g/mol. The van der Waals surface area contributed by atoms with Crippen molar-refractivity contribution in [2.24, 2.45) is 0 Å². The van der Waals surface area contributed by atoms with Crippen molar-refractivity contribution in [3.05, 3.63) is 82.9 Å². The molecule has 2 aliphatic rings. The molecule has 0 unspecified atom stereocenters. The Morgan fingerprint density at radius 1 is 1.23 bits per heavy atom. The predicted octanol–water partition coefficient (Wildman–Crippen LogP) is 4.99. The van der Waals surface area contributed by atoms with Crippen molar-refractivity contribution >= 4 is 28.9 Å². The van der Waals surface area contributed by atoms with Gasteiger partial charge in [-0.05, 0) is 80.0 Å². The number of halogens is 1. The number of aromatic nitrogens is 2. The number of ether oxygens (including phenoxy) is 1. The van der Waals surface area contributed by atoms with Crippen LogP contribution in [0.1, 0.15) is 41.9 Å². The molecule has 0 bridgehead atoms. The van der Waals surface area contributed by atoms with Crippen molar-refractivity contribution in [3.8, 4) is 5.69 Å². The molecule has 7 heteroatoms. The number of nitrogens with zero attached hydrogens (tertiary/aromatic N) is 3. The zero-order valence-corrected chi connectivity index (χ0v) is 18.9. The third-order valence-corrected chi connectivity index (χ3v) is 6.90. The van der Waals surface area contributed by atoms with Gasteiger partial charge in [-0.2, -0.15) is 0 Å². The van der Waals surface area contributed by atoms with Gasteiger partial charge in [-0.3, -0.25) is 4.98 Å². The maximum absolute atomic E-state index is 6.28. The summed E-state index contributed by atoms with van der Waals surface area (Å²) in [5, 5.41) is 5.05. The van der Waals surface area contributed by atoms with Crippen LogP contribution >= 0.6 is 23.8 Å². The van der Waals surface area contributed by atoms with Crippen LogP contribution in [0.5, 0.6) is 0 Å². The Morgan fingerprint density at radius 3 is 2.87 bits per heavy atom. The Labute approximate surface area is 193 Å². The highest BCUT2D eigenvalue weighted by Crippen LogP contribution is 2.40. The molecule has 2 aliphatic heterocycles. The summed E-state index contributed by atoms with van der Waals surface area (Å²) in [5.74, 6) is 0. The van der Waals surface area contributed by atoms with E-state index in [0.717, 1.165) is 58.8 Å². The van der Waals surface area contributed by atoms with E-state index < -0.39 is 0 Å². The molecule has 1 aromatic carbocycles. The third-order valence-electron chi connectivity index (χ3n) is 6.13. The average Bonchev–Trinajstić information content (AvgIpc) is 3.52. The van der Waals surface area contributed by atoms with E-state index in [0.29, 0.717) is 0 Å². The van der Waals surface area contributed by atoms with Crippen molar-refractivity contribution in [2.45, 2.75) is 38.0 Å². The number of hydrogen-bond acceptors (Lipinski definition) is 3. The Kier molecular flexibility index (Phi) is 5.69. The largest absolute Gasteiger partial charge is 0.376 e. The highest BCUT2D eigenvalue weighted by atomic mass is 35.5. The van der Waals surface area contributed by atoms with Gasteiger partial charge in [-0.15, -0.1) is 0 Å². The standard InChI is InChI=1S/C24H25ClN4OS/c1-16-14-17(9-10-19(16)25)28-12-4-8-21(28)23-22(20-7-2-3-11-26-20)27-24(31)29(23)15-18-6-5-13-30-18/h2-4,7-12,14,18,22-23H,5-6,13,15H2,1H3,(H,27,31)/t18-,22+,23+/m0/s1. The lowest BCUT2D eigenvalue weighted by atomic mass is 10.0. The lowest BCUT2D eigenvalue weighted by molar-refractivity contribution is 0.0836. The summed E-state index contributed by atoms with van der Waals surface area (Å²) in [5.41, 5.74) is 4.26. The van der Waals surface area contributed by atoms with Crippen molar-refractivity contribution < 1.29 is 4.74 Å². The summed E-state index contributed by atoms with van der Waals surface area (Å²) in [4.78, 5) is 6.92. The zero-order chi connectivity index (χ0) is 21.4. The number of aryl methyl sites for hydroxylation is 1. The van der Waals surface area contributed by atoms with Gasteiger partial charge in [0, 0.05) is 41.9 Å². The normalized spacial score (nSPS) is 23.4. The van der Waals surface area contributed by atoms with Gasteiger partial charge >= 0.3 is 0 Å². The molecular formula is C24H25ClN4OS. The average molecular weight is 453 g/mol. The number of thiocarbonyl (C=S) groups is 1. The summed E-state index contributed by atoms with van der Waals surface area (Å²) in [6.45, 7) is 3.62. The molecule has 2 fully saturated rings. The quantitative estimate of drug-likeness (QED) is 0.552. The molecule has 4 heterocycles. The minimum absolute atomic E-state index is 0.00224. The van der Waals surface area contributed by atoms with Gasteiger partial charge in [-0.25, -0.2) is 0 Å². The minimum Gasteiger partial charge on any atom is -0.376 e. The molecule has 0 saturated carbocycles. The number of rotatable bonds is 5. The van der Waals surface area contributed by atoms with Crippen LogP contribution in [0.2, 0.25) is 5.02 Å². The van der Waals surface area contributed by atoms with E-state index in [2.05, 4.69) is 56.3 Å². The molecule has 0 radical (unpaired) electrons. The summed E-state index contributed by atoms with van der Waals surface area (Å²) in [6, 6.07) is 16.4. The Bertz CT molecular complexity index is 1080. The molecule has 0 spiro atoms. The molecule has 160 valence electrons. The molecule has 2 saturated heterocycles. The fourth-order valence-electron chi connectivity index (χ4n) is 4.58. The molecule has 1 N–H and O–H groups in total. The van der Waals surface area contributed by atoms with Crippen molar-refractivity contribution in [3.63, 3.8) is 0 Å². The van der Waals surface area contributed by atoms with Crippen LogP contribution in [0.25, 0.3) is 5.69 Å². The van der Waals surface area contributed by atoms with Crippen LogP contribution in [0.4, 0.5) is 0 Å². The molecule has 3 aromatic rings. The Morgan fingerprint density at radius 2 is 2.13 bits per heavy atom. The van der Waals surface area contributed by atoms with Crippen LogP contribution in [0.3, 0.4) is 0 Å². The third kappa shape index (κ3) is 3.95. The van der Waals surface area contributed by atoms with Crippen LogP contribution in [-0.2, 0) is 4.74 Å². The van der Waals surface area contributed by atoms with E-state index in [9.17, 15) is 0 Å². The van der Waals surface area contributed by atoms with Gasteiger partial charge < -0.3 is 19.5 Å². The van der Waals surface area contributed by atoms with Crippen molar-refractivity contribution in [1.82, 2.24) is 19.8 Å². The van der Waals surface area contributed by atoms with Gasteiger partial charge in [-0.1, -0.05) is 17.7 Å². The van der Waals surface area contributed by atoms with Gasteiger partial charge in [0.2, 0.25) is 0 Å². The fraction of sp³-hybridized carbons (Fsp3) is 0.333. The highest BCUT2D eigenvalue weighted by molar-refractivity contribution is 7.80. The van der Waals surface area contributed by atoms with E-state index >= 15 is 0 Å². The summed E-state index contributed by atoms with van der Waals surface area (Å²) >= 11 is 12.1. The first kappa shape index (κ1) is 20.5. The van der Waals surface area contributed by atoms with E-state index in [-0.39, 0.29) is 18.2 Å². The SMILES string of the molecule is Cc1cc(-n2cccc2[C@@H]2[C@@H](c3ccccn3)NC(=S)N2C[C@@H]2CCCO2)ccc1Cl. The van der Waals surface area contributed by atoms with Gasteiger partial charge in [0.25, 0.3) is 0 Å². The van der Waals surface area contributed by atoms with E-state index in [1.54, 1.807) is 0 Å². The first-order valence-electron chi connectivity index (χ1n) is 10.7. The molecule has 3 atom stereocenters. The first-order valence-corrected chi connectivity index (χ1v) is 11.4. The summed E-state index contributed by atoms with van der Waals surface area (Å²) in [6.07, 6.45) is 6.30. The molecule has 5 nitrogen and oxygen atoms in total. The lowest BCUT2D eigenvalue weighted by Gasteiger charge is -2.30. The number of hydrogen-bond donors (Lipinski definition) is 1. The van der Waals surface area contributed by atoms with Gasteiger partial charge in [0.15, 0.2) is 5.11 Å². The highest BCUT2D eigenvalue weighted by Gasteiger charge is 2.42. The summed E-state index contributed by atoms with van der Waals surface area (Å²) in [7, 11) is 0. The molecule has 0 amide bonds. The Balaban J connectivity index is 1.57. The van der Waals surface area contributed by atoms with Crippen LogP contribution in [0.15, 0.2) is 60.9 Å². The molecule has 31 heavy (non-hydrogen) atoms. The lowest BCUT2D eigenvalue weighted by Crippen LogP contribution is -2.36. The van der Waals surface area contributed by atoms with Crippen LogP contribution in [-0.4, -0.2) is 38.8 Å². The van der Waals surface area contributed by atoms with Gasteiger partial charge in [0.05, 0.1) is 23.9 Å². The molecule has 2 aromatic heterocycles. The second-order valence-corrected chi connectivity index (χ2v) is 8.94. The van der Waals surface area contributed by atoms with Crippen LogP contribution < -0.4 is 5.32 Å². The predicted molar refractivity (Wildman–Crippen MR) is 127 cm³/mol. The summed E-state index contributed by atoms with van der Waals surface area (Å²) < 4.78 is 8.17. The van der Waals surface area contributed by atoms with E-state index in [1.165, 1.54) is 0 Å². The van der Waals surface area contributed by atoms with Gasteiger partial charge in [0.1, 0.15) is 0 Å². The van der Waals surface area contributed by atoms with Crippen molar-refractivity contribution in [2.75, 3.05) is 13.2 Å². The van der Waals surface area contributed by atoms with E-state index in [1.807, 2.05) is 31.3 Å². The second-order valence-electron chi connectivity index (χ2n) is 8.15. The molecule has 0 aliphatic carbocycles. The topological polar surface area (TPSA) is 42.3 Å². The van der Waals surface area contributed by atoms with Crippen molar-refractivity contribution in [1.29, 1.82) is 0 Å². The first-order chi connectivity index (χ1) is 15.1. The maximum Gasteiger partial charge on any atom is 0.170 e. The fourth-order valence-corrected chi connectivity index (χ4v) is 5.01.